The van der Waals surface area contributed by atoms with Crippen LogP contribution < -0.4 is 4.90 Å². The van der Waals surface area contributed by atoms with Crippen molar-refractivity contribution in [3.63, 3.8) is 0 Å². The molecule has 1 fully saturated rings. The fourth-order valence-electron chi connectivity index (χ4n) is 3.84. The molecule has 29 heavy (non-hydrogen) atoms. The van der Waals surface area contributed by atoms with E-state index in [-0.39, 0.29) is 6.04 Å². The van der Waals surface area contributed by atoms with Gasteiger partial charge in [-0.3, -0.25) is 4.90 Å². The summed E-state index contributed by atoms with van der Waals surface area (Å²) in [6.45, 7) is 2.83. The standard InChI is InChI=1S/C23H20Cl2F2N2/c24-18-7-9-22(19(25)13-18)29-11-10-28(14-16-6-8-20(26)21(27)12-16)15-23(29)17-4-2-1-3-5-17/h1-9,12-13,23H,10-11,14-15H2. The number of rotatable bonds is 4. The first-order valence-corrected chi connectivity index (χ1v) is 10.2. The monoisotopic (exact) mass is 432 g/mol. The van der Waals surface area contributed by atoms with Gasteiger partial charge in [0.25, 0.3) is 0 Å². The van der Waals surface area contributed by atoms with Crippen LogP contribution >= 0.6 is 23.2 Å². The van der Waals surface area contributed by atoms with Crippen LogP contribution in [0.4, 0.5) is 14.5 Å². The second kappa shape index (κ2) is 8.70. The van der Waals surface area contributed by atoms with Gasteiger partial charge in [0.2, 0.25) is 0 Å². The highest BCUT2D eigenvalue weighted by Crippen LogP contribution is 2.36. The molecule has 1 saturated heterocycles. The minimum atomic E-state index is -0.821. The highest BCUT2D eigenvalue weighted by Gasteiger charge is 2.29. The highest BCUT2D eigenvalue weighted by molar-refractivity contribution is 6.36. The summed E-state index contributed by atoms with van der Waals surface area (Å²) in [7, 11) is 0. The third-order valence-corrected chi connectivity index (χ3v) is 5.80. The average Bonchev–Trinajstić information content (AvgIpc) is 2.72. The largest absolute Gasteiger partial charge is 0.361 e. The molecule has 1 aliphatic rings. The lowest BCUT2D eigenvalue weighted by atomic mass is 10.0. The van der Waals surface area contributed by atoms with Crippen LogP contribution in [0.3, 0.4) is 0 Å². The number of halogens is 4. The predicted octanol–water partition coefficient (Wildman–Crippen LogP) is 6.34. The molecule has 0 aromatic heterocycles. The van der Waals surface area contributed by atoms with E-state index >= 15 is 0 Å². The van der Waals surface area contributed by atoms with Crippen LogP contribution in [-0.2, 0) is 6.54 Å². The van der Waals surface area contributed by atoms with Gasteiger partial charge in [0.1, 0.15) is 0 Å². The van der Waals surface area contributed by atoms with Crippen LogP contribution in [0.5, 0.6) is 0 Å². The summed E-state index contributed by atoms with van der Waals surface area (Å²) in [4.78, 5) is 4.54. The van der Waals surface area contributed by atoms with Gasteiger partial charge < -0.3 is 4.90 Å². The van der Waals surface area contributed by atoms with Gasteiger partial charge in [-0.2, -0.15) is 0 Å². The topological polar surface area (TPSA) is 6.48 Å². The van der Waals surface area contributed by atoms with E-state index in [1.807, 2.05) is 30.3 Å². The Bertz CT molecular complexity index is 997. The Morgan fingerprint density at radius 3 is 2.38 bits per heavy atom. The van der Waals surface area contributed by atoms with Crippen LogP contribution in [0.2, 0.25) is 10.0 Å². The fourth-order valence-corrected chi connectivity index (χ4v) is 4.36. The van der Waals surface area contributed by atoms with Crippen molar-refractivity contribution in [1.82, 2.24) is 4.90 Å². The number of nitrogens with zero attached hydrogens (tertiary/aromatic N) is 2. The summed E-state index contributed by atoms with van der Waals surface area (Å²) in [6.07, 6.45) is 0. The number of piperazine rings is 1. The molecule has 1 atom stereocenters. The third-order valence-electron chi connectivity index (χ3n) is 5.26. The first-order chi connectivity index (χ1) is 14.0. The smallest absolute Gasteiger partial charge is 0.159 e. The van der Waals surface area contributed by atoms with Crippen molar-refractivity contribution in [1.29, 1.82) is 0 Å². The zero-order valence-electron chi connectivity index (χ0n) is 15.7. The van der Waals surface area contributed by atoms with E-state index in [1.54, 1.807) is 12.1 Å². The van der Waals surface area contributed by atoms with Crippen LogP contribution in [0.15, 0.2) is 66.7 Å². The lowest BCUT2D eigenvalue weighted by Crippen LogP contribution is -2.48. The van der Waals surface area contributed by atoms with Crippen molar-refractivity contribution < 1.29 is 8.78 Å². The molecule has 150 valence electrons. The van der Waals surface area contributed by atoms with Gasteiger partial charge in [0.15, 0.2) is 11.6 Å². The van der Waals surface area contributed by atoms with Gasteiger partial charge in [-0.1, -0.05) is 59.6 Å². The van der Waals surface area contributed by atoms with Gasteiger partial charge in [0, 0.05) is 31.2 Å². The molecule has 1 aliphatic heterocycles. The third kappa shape index (κ3) is 4.55. The van der Waals surface area contributed by atoms with Crippen molar-refractivity contribution in [2.75, 3.05) is 24.5 Å². The summed E-state index contributed by atoms with van der Waals surface area (Å²) in [5.74, 6) is -1.63. The molecule has 0 aliphatic carbocycles. The van der Waals surface area contributed by atoms with Crippen molar-refractivity contribution in [2.24, 2.45) is 0 Å². The van der Waals surface area contributed by atoms with Crippen molar-refractivity contribution >= 4 is 28.9 Å². The Balaban J connectivity index is 1.61. The van der Waals surface area contributed by atoms with E-state index in [0.717, 1.165) is 30.9 Å². The molecule has 1 unspecified atom stereocenters. The minimum absolute atomic E-state index is 0.0777. The molecule has 1 heterocycles. The zero-order chi connectivity index (χ0) is 20.4. The van der Waals surface area contributed by atoms with E-state index in [9.17, 15) is 8.78 Å². The first-order valence-electron chi connectivity index (χ1n) is 9.44. The van der Waals surface area contributed by atoms with Crippen LogP contribution in [0.1, 0.15) is 17.2 Å². The summed E-state index contributed by atoms with van der Waals surface area (Å²) >= 11 is 12.6. The Hall–Kier alpha value is -2.14. The molecular weight excluding hydrogens is 413 g/mol. The number of anilines is 1. The van der Waals surface area contributed by atoms with E-state index in [2.05, 4.69) is 21.9 Å². The Morgan fingerprint density at radius 2 is 1.66 bits per heavy atom. The molecule has 3 aromatic carbocycles. The SMILES string of the molecule is Fc1ccc(CN2CCN(c3ccc(Cl)cc3Cl)C(c3ccccc3)C2)cc1F. The molecule has 0 saturated carbocycles. The molecule has 0 N–H and O–H groups in total. The molecule has 0 spiro atoms. The molecule has 4 rings (SSSR count). The molecule has 3 aromatic rings. The fraction of sp³-hybridized carbons (Fsp3) is 0.217. The normalized spacial score (nSPS) is 17.5. The van der Waals surface area contributed by atoms with E-state index in [4.69, 9.17) is 23.2 Å². The van der Waals surface area contributed by atoms with Crippen LogP contribution in [-0.4, -0.2) is 24.5 Å². The van der Waals surface area contributed by atoms with Crippen molar-refractivity contribution in [3.05, 3.63) is 99.5 Å². The van der Waals surface area contributed by atoms with Crippen LogP contribution in [0, 0.1) is 11.6 Å². The summed E-state index contributed by atoms with van der Waals surface area (Å²) in [5.41, 5.74) is 2.87. The Labute approximate surface area is 179 Å². The number of benzene rings is 3. The van der Waals surface area contributed by atoms with Gasteiger partial charge in [-0.05, 0) is 41.5 Å². The van der Waals surface area contributed by atoms with Gasteiger partial charge in [-0.25, -0.2) is 8.78 Å². The molecule has 2 nitrogen and oxygen atoms in total. The van der Waals surface area contributed by atoms with E-state index < -0.39 is 11.6 Å². The van der Waals surface area contributed by atoms with Gasteiger partial charge in [-0.15, -0.1) is 0 Å². The predicted molar refractivity (Wildman–Crippen MR) is 115 cm³/mol. The summed E-state index contributed by atoms with van der Waals surface area (Å²) in [6, 6.07) is 20.0. The Kier molecular flexibility index (Phi) is 6.04. The summed E-state index contributed by atoms with van der Waals surface area (Å²) < 4.78 is 26.9. The maximum atomic E-state index is 13.6. The molecule has 0 bridgehead atoms. The molecule has 0 amide bonds. The second-order valence-corrected chi connectivity index (χ2v) is 8.04. The Morgan fingerprint density at radius 1 is 0.862 bits per heavy atom. The molecule has 0 radical (unpaired) electrons. The zero-order valence-corrected chi connectivity index (χ0v) is 17.2. The van der Waals surface area contributed by atoms with Crippen LogP contribution in [0.25, 0.3) is 0 Å². The number of hydrogen-bond acceptors (Lipinski definition) is 2. The van der Waals surface area contributed by atoms with Gasteiger partial charge >= 0.3 is 0 Å². The molecular formula is C23H20Cl2F2N2. The van der Waals surface area contributed by atoms with E-state index in [1.165, 1.54) is 17.7 Å². The van der Waals surface area contributed by atoms with Crippen molar-refractivity contribution in [3.8, 4) is 0 Å². The maximum absolute atomic E-state index is 13.6. The average molecular weight is 433 g/mol. The quantitative estimate of drug-likeness (QED) is 0.474. The summed E-state index contributed by atoms with van der Waals surface area (Å²) in [5, 5.41) is 1.22. The second-order valence-electron chi connectivity index (χ2n) is 7.20. The first kappa shape index (κ1) is 20.1. The molecule has 6 heteroatoms. The van der Waals surface area contributed by atoms with Crippen molar-refractivity contribution in [2.45, 2.75) is 12.6 Å². The van der Waals surface area contributed by atoms with Gasteiger partial charge in [0.05, 0.1) is 16.8 Å². The number of hydrogen-bond donors (Lipinski definition) is 0. The van der Waals surface area contributed by atoms with E-state index in [0.29, 0.717) is 16.6 Å². The minimum Gasteiger partial charge on any atom is -0.361 e. The maximum Gasteiger partial charge on any atom is 0.159 e. The highest BCUT2D eigenvalue weighted by atomic mass is 35.5. The lowest BCUT2D eigenvalue weighted by Gasteiger charge is -2.43. The lowest BCUT2D eigenvalue weighted by molar-refractivity contribution is 0.215.